The van der Waals surface area contributed by atoms with Crippen LogP contribution in [0.2, 0.25) is 0 Å². The highest BCUT2D eigenvalue weighted by Crippen LogP contribution is 2.28. The Morgan fingerprint density at radius 3 is 2.65 bits per heavy atom. The summed E-state index contributed by atoms with van der Waals surface area (Å²) in [5.74, 6) is 0.720. The van der Waals surface area contributed by atoms with Gasteiger partial charge in [-0.25, -0.2) is 0 Å². The molecule has 7 nitrogen and oxygen atoms in total. The highest BCUT2D eigenvalue weighted by Gasteiger charge is 2.09. The fourth-order valence-electron chi connectivity index (χ4n) is 1.96. The Morgan fingerprint density at radius 1 is 1.19 bits per heavy atom. The Kier molecular flexibility index (Phi) is 6.84. The zero-order valence-electron chi connectivity index (χ0n) is 14.9. The first-order valence-corrected chi connectivity index (χ1v) is 8.12. The SMILES string of the molecule is COc1cc(/C=C/C(=O)NNC(=O)c2ccco2)ccc1OCC(C)C. The summed E-state index contributed by atoms with van der Waals surface area (Å²) in [4.78, 5) is 23.4. The Hall–Kier alpha value is -3.22. The Bertz CT molecular complexity index is 766. The number of carbonyl (C=O) groups excluding carboxylic acids is 2. The number of furan rings is 1. The van der Waals surface area contributed by atoms with Gasteiger partial charge in [0.05, 0.1) is 20.0 Å². The van der Waals surface area contributed by atoms with Crippen LogP contribution in [0.4, 0.5) is 0 Å². The summed E-state index contributed by atoms with van der Waals surface area (Å²) >= 11 is 0. The van der Waals surface area contributed by atoms with E-state index in [2.05, 4.69) is 24.7 Å². The molecule has 26 heavy (non-hydrogen) atoms. The van der Waals surface area contributed by atoms with Gasteiger partial charge in [-0.2, -0.15) is 0 Å². The molecule has 2 N–H and O–H groups in total. The van der Waals surface area contributed by atoms with Crippen molar-refractivity contribution in [3.63, 3.8) is 0 Å². The predicted octanol–water partition coefficient (Wildman–Crippen LogP) is 2.80. The van der Waals surface area contributed by atoms with E-state index < -0.39 is 11.8 Å². The summed E-state index contributed by atoms with van der Waals surface area (Å²) in [6.45, 7) is 4.71. The minimum atomic E-state index is -0.537. The van der Waals surface area contributed by atoms with Gasteiger partial charge in [0.15, 0.2) is 17.3 Å². The molecule has 7 heteroatoms. The Labute approximate surface area is 151 Å². The van der Waals surface area contributed by atoms with Gasteiger partial charge in [-0.3, -0.25) is 20.4 Å². The van der Waals surface area contributed by atoms with Gasteiger partial charge >= 0.3 is 5.91 Å². The number of rotatable bonds is 7. The molecule has 0 radical (unpaired) electrons. The maximum atomic E-state index is 11.8. The van der Waals surface area contributed by atoms with E-state index in [-0.39, 0.29) is 5.76 Å². The van der Waals surface area contributed by atoms with Crippen LogP contribution in [0.5, 0.6) is 11.5 Å². The lowest BCUT2D eigenvalue weighted by Gasteiger charge is -2.12. The Balaban J connectivity index is 1.92. The lowest BCUT2D eigenvalue weighted by atomic mass is 10.2. The van der Waals surface area contributed by atoms with Crippen LogP contribution in [0.1, 0.15) is 30.0 Å². The van der Waals surface area contributed by atoms with Crippen molar-refractivity contribution < 1.29 is 23.5 Å². The molecule has 1 aromatic heterocycles. The molecule has 0 fully saturated rings. The van der Waals surface area contributed by atoms with Crippen molar-refractivity contribution in [2.24, 2.45) is 5.92 Å². The third-order valence-corrected chi connectivity index (χ3v) is 3.23. The van der Waals surface area contributed by atoms with Crippen LogP contribution in [-0.4, -0.2) is 25.5 Å². The van der Waals surface area contributed by atoms with E-state index in [1.807, 2.05) is 6.07 Å². The third-order valence-electron chi connectivity index (χ3n) is 3.23. The average molecular weight is 358 g/mol. The third kappa shape index (κ3) is 5.70. The second kappa shape index (κ2) is 9.31. The van der Waals surface area contributed by atoms with Crippen molar-refractivity contribution in [1.82, 2.24) is 10.9 Å². The average Bonchev–Trinajstić information content (AvgIpc) is 3.17. The minimum Gasteiger partial charge on any atom is -0.493 e. The summed E-state index contributed by atoms with van der Waals surface area (Å²) in [6.07, 6.45) is 4.27. The van der Waals surface area contributed by atoms with Gasteiger partial charge in [-0.05, 0) is 41.8 Å². The van der Waals surface area contributed by atoms with Crippen molar-refractivity contribution in [2.75, 3.05) is 13.7 Å². The number of carbonyl (C=O) groups is 2. The Morgan fingerprint density at radius 2 is 2.00 bits per heavy atom. The van der Waals surface area contributed by atoms with Crippen LogP contribution in [0.15, 0.2) is 47.1 Å². The molecule has 0 saturated carbocycles. The van der Waals surface area contributed by atoms with E-state index in [1.54, 1.807) is 31.4 Å². The van der Waals surface area contributed by atoms with Gasteiger partial charge in [0.1, 0.15) is 0 Å². The van der Waals surface area contributed by atoms with Crippen LogP contribution in [-0.2, 0) is 4.79 Å². The van der Waals surface area contributed by atoms with E-state index in [4.69, 9.17) is 13.9 Å². The van der Waals surface area contributed by atoms with Crippen LogP contribution >= 0.6 is 0 Å². The molecular formula is C19H22N2O5. The molecule has 138 valence electrons. The normalized spacial score (nSPS) is 10.8. The molecule has 1 heterocycles. The van der Waals surface area contributed by atoms with Gasteiger partial charge in [0.25, 0.3) is 5.91 Å². The zero-order chi connectivity index (χ0) is 18.9. The summed E-state index contributed by atoms with van der Waals surface area (Å²) in [5.41, 5.74) is 5.28. The van der Waals surface area contributed by atoms with Crippen LogP contribution in [0.3, 0.4) is 0 Å². The smallest absolute Gasteiger partial charge is 0.305 e. The molecular weight excluding hydrogens is 336 g/mol. The molecule has 2 aromatic rings. The predicted molar refractivity (Wildman–Crippen MR) is 96.7 cm³/mol. The van der Waals surface area contributed by atoms with Crippen molar-refractivity contribution in [3.8, 4) is 11.5 Å². The first kappa shape index (κ1) is 19.1. The molecule has 0 aliphatic heterocycles. The monoisotopic (exact) mass is 358 g/mol. The van der Waals surface area contributed by atoms with Gasteiger partial charge in [0, 0.05) is 6.08 Å². The second-order valence-corrected chi connectivity index (χ2v) is 5.87. The number of methoxy groups -OCH3 is 1. The first-order valence-electron chi connectivity index (χ1n) is 8.12. The zero-order valence-corrected chi connectivity index (χ0v) is 14.9. The van der Waals surface area contributed by atoms with E-state index in [9.17, 15) is 9.59 Å². The summed E-state index contributed by atoms with van der Waals surface area (Å²) in [5, 5.41) is 0. The fraction of sp³-hybridized carbons (Fsp3) is 0.263. The molecule has 0 unspecified atom stereocenters. The molecule has 1 aromatic carbocycles. The van der Waals surface area contributed by atoms with E-state index in [0.29, 0.717) is 24.0 Å². The summed E-state index contributed by atoms with van der Waals surface area (Å²) in [6, 6.07) is 8.44. The lowest BCUT2D eigenvalue weighted by Crippen LogP contribution is -2.40. The molecule has 0 spiro atoms. The standard InChI is InChI=1S/C19H22N2O5/c1-13(2)12-26-15-8-6-14(11-17(15)24-3)7-9-18(22)20-21-19(23)16-5-4-10-25-16/h4-11,13H,12H2,1-3H3,(H,20,22)(H,21,23)/b9-7+. The number of hydrazine groups is 1. The van der Waals surface area contributed by atoms with E-state index >= 15 is 0 Å². The molecule has 2 rings (SSSR count). The second-order valence-electron chi connectivity index (χ2n) is 5.87. The maximum Gasteiger partial charge on any atom is 0.305 e. The number of hydrogen-bond acceptors (Lipinski definition) is 5. The van der Waals surface area contributed by atoms with Crippen molar-refractivity contribution in [3.05, 3.63) is 54.0 Å². The number of nitrogens with one attached hydrogen (secondary N) is 2. The van der Waals surface area contributed by atoms with Gasteiger partial charge in [-0.1, -0.05) is 19.9 Å². The molecule has 0 aliphatic carbocycles. The van der Waals surface area contributed by atoms with Gasteiger partial charge in [-0.15, -0.1) is 0 Å². The minimum absolute atomic E-state index is 0.107. The van der Waals surface area contributed by atoms with E-state index in [1.165, 1.54) is 18.4 Å². The molecule has 0 saturated heterocycles. The summed E-state index contributed by atoms with van der Waals surface area (Å²) < 4.78 is 15.9. The van der Waals surface area contributed by atoms with Crippen molar-refractivity contribution in [2.45, 2.75) is 13.8 Å². The number of benzene rings is 1. The first-order chi connectivity index (χ1) is 12.5. The van der Waals surface area contributed by atoms with Crippen LogP contribution < -0.4 is 20.3 Å². The largest absolute Gasteiger partial charge is 0.493 e. The fourth-order valence-corrected chi connectivity index (χ4v) is 1.96. The number of ether oxygens (including phenoxy) is 2. The highest BCUT2D eigenvalue weighted by molar-refractivity contribution is 5.96. The van der Waals surface area contributed by atoms with Crippen molar-refractivity contribution in [1.29, 1.82) is 0 Å². The molecule has 2 amide bonds. The van der Waals surface area contributed by atoms with Crippen LogP contribution in [0.25, 0.3) is 6.08 Å². The number of amides is 2. The molecule has 0 aliphatic rings. The van der Waals surface area contributed by atoms with Crippen LogP contribution in [0, 0.1) is 5.92 Å². The molecule has 0 atom stereocenters. The quantitative estimate of drug-likeness (QED) is 0.587. The van der Waals surface area contributed by atoms with E-state index in [0.717, 1.165) is 5.56 Å². The van der Waals surface area contributed by atoms with Gasteiger partial charge in [0.2, 0.25) is 0 Å². The summed E-state index contributed by atoms with van der Waals surface area (Å²) in [7, 11) is 1.56. The number of hydrogen-bond donors (Lipinski definition) is 2. The maximum absolute atomic E-state index is 11.8. The molecule has 0 bridgehead atoms. The lowest BCUT2D eigenvalue weighted by molar-refractivity contribution is -0.117. The highest BCUT2D eigenvalue weighted by atomic mass is 16.5. The van der Waals surface area contributed by atoms with Gasteiger partial charge < -0.3 is 13.9 Å². The van der Waals surface area contributed by atoms with Crippen molar-refractivity contribution >= 4 is 17.9 Å². The topological polar surface area (TPSA) is 89.8 Å².